The van der Waals surface area contributed by atoms with Crippen LogP contribution in [0.15, 0.2) is 53.5 Å². The van der Waals surface area contributed by atoms with Crippen molar-refractivity contribution in [2.24, 2.45) is 11.8 Å². The van der Waals surface area contributed by atoms with Gasteiger partial charge in [-0.1, -0.05) is 44.2 Å². The number of fused-ring (bicyclic) bond motifs is 6. The van der Waals surface area contributed by atoms with Crippen molar-refractivity contribution in [1.82, 2.24) is 9.58 Å². The summed E-state index contributed by atoms with van der Waals surface area (Å²) in [5.41, 5.74) is 1.38. The maximum Gasteiger partial charge on any atom is 0.277 e. The second-order valence-electron chi connectivity index (χ2n) is 10.1. The summed E-state index contributed by atoms with van der Waals surface area (Å²) in [7, 11) is 0. The number of carbonyl (C=O) groups is 1. The number of amides is 1. The molecule has 2 atom stereocenters. The molecule has 3 aromatic rings. The molecular weight excluding hydrogens is 452 g/mol. The largest absolute Gasteiger partial charge is 0.502 e. The minimum Gasteiger partial charge on any atom is -0.502 e. The molecule has 1 N–H and O–H groups in total. The van der Waals surface area contributed by atoms with Crippen molar-refractivity contribution in [3.63, 3.8) is 0 Å². The van der Waals surface area contributed by atoms with E-state index >= 15 is 4.39 Å². The fourth-order valence-electron chi connectivity index (χ4n) is 6.40. The molecule has 2 heterocycles. The molecule has 35 heavy (non-hydrogen) atoms. The third-order valence-electron chi connectivity index (χ3n) is 7.64. The van der Waals surface area contributed by atoms with E-state index in [0.717, 1.165) is 17.2 Å². The molecule has 0 bridgehead atoms. The van der Waals surface area contributed by atoms with Gasteiger partial charge >= 0.3 is 0 Å². The number of benzene rings is 2. The zero-order valence-electron chi connectivity index (χ0n) is 19.5. The highest BCUT2D eigenvalue weighted by Gasteiger charge is 2.59. The molecule has 0 spiro atoms. The molecule has 2 aliphatic carbocycles. The first-order valence-electron chi connectivity index (χ1n) is 11.8. The molecule has 0 saturated carbocycles. The van der Waals surface area contributed by atoms with Crippen molar-refractivity contribution in [2.75, 3.05) is 18.2 Å². The van der Waals surface area contributed by atoms with Crippen LogP contribution in [0.25, 0.3) is 0 Å². The van der Waals surface area contributed by atoms with E-state index in [1.165, 1.54) is 12.3 Å². The molecule has 1 amide bonds. The molecule has 0 saturated heterocycles. The van der Waals surface area contributed by atoms with Crippen molar-refractivity contribution in [3.8, 4) is 5.75 Å². The van der Waals surface area contributed by atoms with Gasteiger partial charge in [0.2, 0.25) is 5.43 Å². The second-order valence-corrected chi connectivity index (χ2v) is 10.1. The number of aromatic nitrogens is 1. The van der Waals surface area contributed by atoms with Gasteiger partial charge in [0.15, 0.2) is 23.1 Å². The van der Waals surface area contributed by atoms with Crippen molar-refractivity contribution in [1.29, 1.82) is 0 Å². The van der Waals surface area contributed by atoms with Crippen LogP contribution < -0.4 is 10.4 Å². The lowest BCUT2D eigenvalue weighted by molar-refractivity contribution is 0.0623. The van der Waals surface area contributed by atoms with Gasteiger partial charge in [0.05, 0.1) is 0 Å². The summed E-state index contributed by atoms with van der Waals surface area (Å²) in [6.07, 6.45) is 2.48. The minimum absolute atomic E-state index is 0.113. The van der Waals surface area contributed by atoms with Gasteiger partial charge in [-0.3, -0.25) is 19.3 Å². The standard InChI is InChI=1S/C27H25F2N3O3/c1-15(2)13-30-14-32(31-10-9-22(33)25(34)24(31)26(30)35)27-17(11-16-5-3-4-6-19(16)27)12-18-20(27)7-8-21(28)23(18)29/h3-10,15,17,34H,11-14H2,1-2H3. The third kappa shape index (κ3) is 2.79. The summed E-state index contributed by atoms with van der Waals surface area (Å²) in [6.45, 7) is 4.54. The molecule has 6 nitrogen and oxygen atoms in total. The van der Waals surface area contributed by atoms with Crippen molar-refractivity contribution in [2.45, 2.75) is 32.2 Å². The number of hydrogen-bond acceptors (Lipinski definition) is 4. The summed E-state index contributed by atoms with van der Waals surface area (Å²) in [5, 5.41) is 12.7. The number of hydrogen-bond donors (Lipinski definition) is 1. The monoisotopic (exact) mass is 477 g/mol. The molecule has 1 aliphatic heterocycles. The van der Waals surface area contributed by atoms with Crippen molar-refractivity contribution < 1.29 is 18.7 Å². The van der Waals surface area contributed by atoms with Crippen LogP contribution in [0.5, 0.6) is 5.75 Å². The summed E-state index contributed by atoms with van der Waals surface area (Å²) in [6, 6.07) is 11.9. The number of pyridine rings is 1. The number of nitrogens with zero attached hydrogens (tertiary/aromatic N) is 3. The maximum absolute atomic E-state index is 15.1. The van der Waals surface area contributed by atoms with Crippen LogP contribution in [0.2, 0.25) is 0 Å². The lowest BCUT2D eigenvalue weighted by atomic mass is 9.81. The average Bonchev–Trinajstić information content (AvgIpc) is 3.32. The van der Waals surface area contributed by atoms with Gasteiger partial charge in [-0.05, 0) is 47.1 Å². The van der Waals surface area contributed by atoms with Gasteiger partial charge in [-0.2, -0.15) is 0 Å². The van der Waals surface area contributed by atoms with Crippen LogP contribution in [0, 0.1) is 23.5 Å². The first-order chi connectivity index (χ1) is 16.7. The van der Waals surface area contributed by atoms with Crippen LogP contribution in [-0.2, 0) is 18.4 Å². The first-order valence-corrected chi connectivity index (χ1v) is 11.8. The Kier molecular flexibility index (Phi) is 4.62. The van der Waals surface area contributed by atoms with Gasteiger partial charge in [0, 0.05) is 24.7 Å². The molecule has 0 fully saturated rings. The van der Waals surface area contributed by atoms with Crippen molar-refractivity contribution >= 4 is 5.91 Å². The average molecular weight is 478 g/mol. The highest BCUT2D eigenvalue weighted by molar-refractivity contribution is 5.96. The summed E-state index contributed by atoms with van der Waals surface area (Å²) in [4.78, 5) is 27.4. The predicted molar refractivity (Wildman–Crippen MR) is 126 cm³/mol. The van der Waals surface area contributed by atoms with E-state index in [4.69, 9.17) is 0 Å². The van der Waals surface area contributed by atoms with E-state index < -0.39 is 34.3 Å². The highest BCUT2D eigenvalue weighted by atomic mass is 19.2. The highest BCUT2D eigenvalue weighted by Crippen LogP contribution is 2.57. The number of halogens is 2. The van der Waals surface area contributed by atoms with E-state index in [-0.39, 0.29) is 24.2 Å². The van der Waals surface area contributed by atoms with Gasteiger partial charge in [-0.25, -0.2) is 8.78 Å². The fraction of sp³-hybridized carbons (Fsp3) is 0.333. The zero-order valence-corrected chi connectivity index (χ0v) is 19.5. The first kappa shape index (κ1) is 21.8. The van der Waals surface area contributed by atoms with Crippen LogP contribution in [0.1, 0.15) is 46.6 Å². The predicted octanol–water partition coefficient (Wildman–Crippen LogP) is 3.51. The molecule has 6 rings (SSSR count). The Labute approximate surface area is 201 Å². The Hall–Kier alpha value is -3.68. The van der Waals surface area contributed by atoms with Gasteiger partial charge in [-0.15, -0.1) is 0 Å². The number of carbonyl (C=O) groups excluding carboxylic acids is 1. The van der Waals surface area contributed by atoms with E-state index in [0.29, 0.717) is 30.5 Å². The Morgan fingerprint density at radius 3 is 2.60 bits per heavy atom. The molecule has 2 unspecified atom stereocenters. The zero-order chi connectivity index (χ0) is 24.6. The van der Waals surface area contributed by atoms with E-state index in [1.54, 1.807) is 15.6 Å². The van der Waals surface area contributed by atoms with E-state index in [9.17, 15) is 19.1 Å². The van der Waals surface area contributed by atoms with Gasteiger partial charge in [0.25, 0.3) is 5.91 Å². The topological polar surface area (TPSA) is 65.8 Å². The SMILES string of the molecule is CC(C)CN1CN(C23c4ccccc4CC2Cc2c3ccc(F)c2F)n2ccc(=O)c(O)c2C1=O. The second kappa shape index (κ2) is 7.41. The summed E-state index contributed by atoms with van der Waals surface area (Å²) >= 11 is 0. The Morgan fingerprint density at radius 1 is 1.06 bits per heavy atom. The maximum atomic E-state index is 15.1. The normalized spacial score (nSPS) is 22.3. The molecular formula is C27H25F2N3O3. The Balaban J connectivity index is 1.68. The van der Waals surface area contributed by atoms with Crippen LogP contribution in [-0.4, -0.2) is 33.8 Å². The smallest absolute Gasteiger partial charge is 0.277 e. The van der Waals surface area contributed by atoms with Gasteiger partial charge in [0.1, 0.15) is 12.2 Å². The van der Waals surface area contributed by atoms with Crippen LogP contribution in [0.3, 0.4) is 0 Å². The molecule has 8 heteroatoms. The summed E-state index contributed by atoms with van der Waals surface area (Å²) in [5.74, 6) is -2.77. The fourth-order valence-corrected chi connectivity index (χ4v) is 6.40. The van der Waals surface area contributed by atoms with Gasteiger partial charge < -0.3 is 10.0 Å². The Bertz CT molecular complexity index is 1450. The Morgan fingerprint density at radius 2 is 1.83 bits per heavy atom. The molecule has 2 aromatic carbocycles. The van der Waals surface area contributed by atoms with E-state index in [1.807, 2.05) is 43.1 Å². The lowest BCUT2D eigenvalue weighted by Gasteiger charge is -2.50. The molecule has 3 aliphatic rings. The third-order valence-corrected chi connectivity index (χ3v) is 7.64. The molecule has 180 valence electrons. The van der Waals surface area contributed by atoms with E-state index in [2.05, 4.69) is 0 Å². The summed E-state index contributed by atoms with van der Waals surface area (Å²) < 4.78 is 30.9. The van der Waals surface area contributed by atoms with Crippen LogP contribution >= 0.6 is 0 Å². The minimum atomic E-state index is -0.910. The quantitative estimate of drug-likeness (QED) is 0.627. The molecule has 0 radical (unpaired) electrons. The van der Waals surface area contributed by atoms with Crippen LogP contribution in [0.4, 0.5) is 8.78 Å². The number of rotatable bonds is 3. The molecule has 1 aromatic heterocycles. The lowest BCUT2D eigenvalue weighted by Crippen LogP contribution is -2.63. The van der Waals surface area contributed by atoms with Crippen molar-refractivity contribution in [3.05, 3.63) is 98.5 Å². The number of aromatic hydroxyl groups is 1.